The highest BCUT2D eigenvalue weighted by Gasteiger charge is 2.20. The van der Waals surface area contributed by atoms with Crippen molar-refractivity contribution in [3.63, 3.8) is 0 Å². The fourth-order valence-electron chi connectivity index (χ4n) is 2.29. The molecule has 0 saturated carbocycles. The Kier molecular flexibility index (Phi) is 5.44. The standard InChI is InChI=1S/C15H12ClF2N3O5S/c1-24-14-10(16)4-5-19-12(14)7-25-27(22,23)21-8-20-11-6-9(26-15(17)18)2-3-13(11)21/h2-6,8,15H,7H2,1H3. The van der Waals surface area contributed by atoms with Crippen LogP contribution in [0, 0.1) is 0 Å². The Morgan fingerprint density at radius 3 is 2.74 bits per heavy atom. The molecule has 1 aromatic carbocycles. The lowest BCUT2D eigenvalue weighted by atomic mass is 10.3. The van der Waals surface area contributed by atoms with Crippen LogP contribution in [0.25, 0.3) is 11.0 Å². The van der Waals surface area contributed by atoms with Crippen LogP contribution in [0.4, 0.5) is 8.78 Å². The number of ether oxygens (including phenoxy) is 2. The molecular weight excluding hydrogens is 408 g/mol. The number of halogens is 3. The number of alkyl halides is 2. The minimum atomic E-state index is -4.29. The average molecular weight is 420 g/mol. The second kappa shape index (κ2) is 7.62. The lowest BCUT2D eigenvalue weighted by molar-refractivity contribution is -0.0497. The van der Waals surface area contributed by atoms with Gasteiger partial charge >= 0.3 is 16.9 Å². The first kappa shape index (κ1) is 19.3. The number of rotatable bonds is 7. The lowest BCUT2D eigenvalue weighted by Gasteiger charge is -2.10. The number of hydrogen-bond acceptors (Lipinski definition) is 7. The molecule has 0 aliphatic rings. The quantitative estimate of drug-likeness (QED) is 0.581. The van der Waals surface area contributed by atoms with Gasteiger partial charge in [0.15, 0.2) is 5.75 Å². The highest BCUT2D eigenvalue weighted by molar-refractivity contribution is 7.85. The summed E-state index contributed by atoms with van der Waals surface area (Å²) in [6.45, 7) is -3.44. The summed E-state index contributed by atoms with van der Waals surface area (Å²) in [7, 11) is -2.92. The number of nitrogens with zero attached hydrogens (tertiary/aromatic N) is 3. The molecule has 0 spiro atoms. The van der Waals surface area contributed by atoms with Gasteiger partial charge < -0.3 is 9.47 Å². The van der Waals surface area contributed by atoms with E-state index in [0.29, 0.717) is 0 Å². The molecule has 0 aliphatic heterocycles. The van der Waals surface area contributed by atoms with E-state index in [2.05, 4.69) is 14.7 Å². The van der Waals surface area contributed by atoms with E-state index in [-0.39, 0.29) is 33.2 Å². The molecule has 0 amide bonds. The number of pyridine rings is 1. The van der Waals surface area contributed by atoms with Gasteiger partial charge in [0.2, 0.25) is 0 Å². The van der Waals surface area contributed by atoms with E-state index in [1.165, 1.54) is 37.6 Å². The molecule has 27 heavy (non-hydrogen) atoms. The Morgan fingerprint density at radius 1 is 1.26 bits per heavy atom. The van der Waals surface area contributed by atoms with Gasteiger partial charge in [-0.05, 0) is 18.2 Å². The van der Waals surface area contributed by atoms with E-state index in [0.717, 1.165) is 10.3 Å². The largest absolute Gasteiger partial charge is 0.493 e. The van der Waals surface area contributed by atoms with Gasteiger partial charge in [-0.15, -0.1) is 0 Å². The summed E-state index contributed by atoms with van der Waals surface area (Å²) in [6.07, 6.45) is 2.38. The van der Waals surface area contributed by atoms with Gasteiger partial charge in [0.1, 0.15) is 24.4 Å². The zero-order valence-electron chi connectivity index (χ0n) is 13.7. The zero-order valence-corrected chi connectivity index (χ0v) is 15.2. The first-order valence-corrected chi connectivity index (χ1v) is 9.05. The highest BCUT2D eigenvalue weighted by atomic mass is 35.5. The number of methoxy groups -OCH3 is 1. The molecule has 0 unspecified atom stereocenters. The zero-order chi connectivity index (χ0) is 19.6. The van der Waals surface area contributed by atoms with Crippen molar-refractivity contribution < 1.29 is 30.9 Å². The Morgan fingerprint density at radius 2 is 2.04 bits per heavy atom. The van der Waals surface area contributed by atoms with Crippen molar-refractivity contribution in [2.45, 2.75) is 13.2 Å². The Balaban J connectivity index is 1.86. The molecule has 2 aromatic heterocycles. The second-order valence-electron chi connectivity index (χ2n) is 5.06. The van der Waals surface area contributed by atoms with E-state index in [1.54, 1.807) is 0 Å². The molecular formula is C15H12ClF2N3O5S. The first-order chi connectivity index (χ1) is 12.8. The van der Waals surface area contributed by atoms with Crippen LogP contribution in [-0.4, -0.2) is 36.1 Å². The lowest BCUT2D eigenvalue weighted by Crippen LogP contribution is -2.15. The summed E-state index contributed by atoms with van der Waals surface area (Å²) in [6, 6.07) is 5.15. The van der Waals surface area contributed by atoms with Gasteiger partial charge in [-0.1, -0.05) is 11.6 Å². The number of benzene rings is 1. The van der Waals surface area contributed by atoms with Crippen LogP contribution in [0.5, 0.6) is 11.5 Å². The minimum absolute atomic E-state index is 0.127. The summed E-state index contributed by atoms with van der Waals surface area (Å²) in [5.74, 6) is 0.0487. The molecule has 0 fully saturated rings. The molecule has 2 heterocycles. The van der Waals surface area contributed by atoms with Gasteiger partial charge in [0.05, 0.1) is 23.2 Å². The van der Waals surface area contributed by atoms with Crippen molar-refractivity contribution in [1.29, 1.82) is 0 Å². The summed E-state index contributed by atoms with van der Waals surface area (Å²) in [5, 5.41) is 0.253. The normalized spacial score (nSPS) is 11.9. The van der Waals surface area contributed by atoms with Crippen LogP contribution in [0.2, 0.25) is 5.02 Å². The average Bonchev–Trinajstić information content (AvgIpc) is 3.03. The summed E-state index contributed by atoms with van der Waals surface area (Å²) >= 11 is 5.96. The van der Waals surface area contributed by atoms with E-state index in [1.807, 2.05) is 0 Å². The fraction of sp³-hybridized carbons (Fsp3) is 0.200. The Labute approximate surface area is 157 Å². The SMILES string of the molecule is COc1c(Cl)ccnc1COS(=O)(=O)n1cnc2cc(OC(F)F)ccc21. The van der Waals surface area contributed by atoms with Crippen LogP contribution in [0.15, 0.2) is 36.8 Å². The second-order valence-corrected chi connectivity index (χ2v) is 6.95. The third-order valence-electron chi connectivity index (χ3n) is 3.43. The van der Waals surface area contributed by atoms with Crippen LogP contribution in [0.1, 0.15) is 5.69 Å². The van der Waals surface area contributed by atoms with Gasteiger partial charge in [0, 0.05) is 12.3 Å². The van der Waals surface area contributed by atoms with Crippen molar-refractivity contribution in [3.8, 4) is 11.5 Å². The maximum absolute atomic E-state index is 12.5. The third-order valence-corrected chi connectivity index (χ3v) is 4.92. The Hall–Kier alpha value is -2.50. The molecule has 3 rings (SSSR count). The van der Waals surface area contributed by atoms with Crippen molar-refractivity contribution in [3.05, 3.63) is 47.5 Å². The predicted molar refractivity (Wildman–Crippen MR) is 91.3 cm³/mol. The molecule has 0 bridgehead atoms. The predicted octanol–water partition coefficient (Wildman–Crippen LogP) is 3.00. The summed E-state index contributed by atoms with van der Waals surface area (Å²) in [4.78, 5) is 7.86. The van der Waals surface area contributed by atoms with Crippen LogP contribution in [-0.2, 0) is 21.1 Å². The Bertz CT molecular complexity index is 1070. The molecule has 0 atom stereocenters. The van der Waals surface area contributed by atoms with Gasteiger partial charge in [-0.25, -0.2) is 13.1 Å². The molecule has 12 heteroatoms. The van der Waals surface area contributed by atoms with Gasteiger partial charge in [-0.3, -0.25) is 4.98 Å². The summed E-state index contributed by atoms with van der Waals surface area (Å²) < 4.78 is 64.6. The van der Waals surface area contributed by atoms with Crippen molar-refractivity contribution in [1.82, 2.24) is 13.9 Å². The third kappa shape index (κ3) is 4.10. The summed E-state index contributed by atoms with van der Waals surface area (Å²) in [5.41, 5.74) is 0.451. The van der Waals surface area contributed by atoms with Crippen LogP contribution < -0.4 is 9.47 Å². The van der Waals surface area contributed by atoms with E-state index < -0.39 is 23.5 Å². The van der Waals surface area contributed by atoms with E-state index >= 15 is 0 Å². The highest BCUT2D eigenvalue weighted by Crippen LogP contribution is 2.28. The fourth-order valence-corrected chi connectivity index (χ4v) is 3.47. The molecule has 0 radical (unpaired) electrons. The maximum atomic E-state index is 12.5. The molecule has 0 saturated heterocycles. The molecule has 3 aromatic rings. The number of fused-ring (bicyclic) bond motifs is 1. The molecule has 0 aliphatic carbocycles. The van der Waals surface area contributed by atoms with Crippen molar-refractivity contribution >= 4 is 32.9 Å². The number of aromatic nitrogens is 3. The van der Waals surface area contributed by atoms with Crippen molar-refractivity contribution in [2.24, 2.45) is 0 Å². The smallest absolute Gasteiger partial charge is 0.387 e. The molecule has 0 N–H and O–H groups in total. The monoisotopic (exact) mass is 419 g/mol. The van der Waals surface area contributed by atoms with Crippen molar-refractivity contribution in [2.75, 3.05) is 7.11 Å². The van der Waals surface area contributed by atoms with E-state index in [4.69, 9.17) is 20.5 Å². The van der Waals surface area contributed by atoms with E-state index in [9.17, 15) is 17.2 Å². The van der Waals surface area contributed by atoms with Crippen LogP contribution >= 0.6 is 11.6 Å². The first-order valence-electron chi connectivity index (χ1n) is 7.31. The minimum Gasteiger partial charge on any atom is -0.493 e. The molecule has 144 valence electrons. The van der Waals surface area contributed by atoms with Gasteiger partial charge in [-0.2, -0.15) is 17.2 Å². The van der Waals surface area contributed by atoms with Crippen LogP contribution in [0.3, 0.4) is 0 Å². The molecule has 8 nitrogen and oxygen atoms in total. The number of imidazole rings is 1. The maximum Gasteiger partial charge on any atom is 0.387 e. The number of hydrogen-bond donors (Lipinski definition) is 0. The van der Waals surface area contributed by atoms with Gasteiger partial charge in [0.25, 0.3) is 0 Å². The topological polar surface area (TPSA) is 92.5 Å².